The molecule has 0 aromatic heterocycles. The lowest BCUT2D eigenvalue weighted by atomic mass is 9.79. The van der Waals surface area contributed by atoms with Gasteiger partial charge in [0, 0.05) is 12.3 Å². The number of rotatable bonds is 4. The molecule has 23 heavy (non-hydrogen) atoms. The van der Waals surface area contributed by atoms with Gasteiger partial charge >= 0.3 is 0 Å². The van der Waals surface area contributed by atoms with Crippen LogP contribution >= 0.6 is 0 Å². The Hall–Kier alpha value is -1.14. The molecule has 5 nitrogen and oxygen atoms in total. The van der Waals surface area contributed by atoms with Gasteiger partial charge in [0.25, 0.3) is 5.97 Å². The van der Waals surface area contributed by atoms with E-state index in [0.717, 1.165) is 12.4 Å². The molecule has 1 aromatic rings. The van der Waals surface area contributed by atoms with Crippen LogP contribution in [0.1, 0.15) is 32.4 Å². The Bertz CT molecular complexity index is 555. The Kier molecular flexibility index (Phi) is 3.47. The molecule has 1 aromatic carbocycles. The second-order valence-electron chi connectivity index (χ2n) is 7.77. The Morgan fingerprint density at radius 3 is 2.04 bits per heavy atom. The van der Waals surface area contributed by atoms with Crippen LogP contribution in [0.15, 0.2) is 24.3 Å². The predicted octanol–water partition coefficient (Wildman–Crippen LogP) is 2.90. The fourth-order valence-corrected chi connectivity index (χ4v) is 3.25. The fourth-order valence-electron chi connectivity index (χ4n) is 3.25. The third kappa shape index (κ3) is 2.76. The van der Waals surface area contributed by atoms with Crippen LogP contribution in [0.2, 0.25) is 0 Å². The van der Waals surface area contributed by atoms with Crippen LogP contribution in [-0.2, 0) is 18.9 Å². The van der Waals surface area contributed by atoms with Gasteiger partial charge in [-0.1, -0.05) is 26.0 Å². The second-order valence-corrected chi connectivity index (χ2v) is 7.77. The fraction of sp³-hybridized carbons (Fsp3) is 0.667. The largest absolute Gasteiger partial charge is 0.493 e. The first-order valence-corrected chi connectivity index (χ1v) is 8.16. The summed E-state index contributed by atoms with van der Waals surface area (Å²) in [6, 6.07) is 8.17. The maximum atomic E-state index is 5.95. The average Bonchev–Trinajstić information content (AvgIpc) is 2.55. The molecule has 5 heteroatoms. The average molecular weight is 320 g/mol. The molecule has 5 rings (SSSR count). The molecular formula is C18H24O5. The molecule has 4 fully saturated rings. The van der Waals surface area contributed by atoms with E-state index < -0.39 is 5.97 Å². The SMILES string of the molecule is CC12OCC(COc3ccc(C4OCC4(C)C)cc3)(CO1)CO2. The van der Waals surface area contributed by atoms with Gasteiger partial charge in [-0.25, -0.2) is 0 Å². The van der Waals surface area contributed by atoms with Gasteiger partial charge in [0.1, 0.15) is 12.4 Å². The van der Waals surface area contributed by atoms with E-state index in [1.54, 1.807) is 6.92 Å². The first-order valence-electron chi connectivity index (χ1n) is 8.16. The van der Waals surface area contributed by atoms with Crippen LogP contribution in [0.25, 0.3) is 0 Å². The summed E-state index contributed by atoms with van der Waals surface area (Å²) in [5.74, 6) is -0.0157. The number of ether oxygens (including phenoxy) is 5. The summed E-state index contributed by atoms with van der Waals surface area (Å²) in [4.78, 5) is 0. The van der Waals surface area contributed by atoms with Crippen LogP contribution in [0, 0.1) is 10.8 Å². The second kappa shape index (κ2) is 5.18. The standard InChI is InChI=1S/C18H24O5/c1-16(2)8-20-15(16)13-4-6-14(7-5-13)19-9-18-10-21-17(3,22-11-18)23-12-18/h4-7,15H,8-12H2,1-3H3. The van der Waals surface area contributed by atoms with Crippen molar-refractivity contribution < 1.29 is 23.7 Å². The molecule has 2 bridgehead atoms. The zero-order chi connectivity index (χ0) is 16.1. The Balaban J connectivity index is 1.37. The van der Waals surface area contributed by atoms with Crippen molar-refractivity contribution >= 4 is 0 Å². The molecule has 1 unspecified atom stereocenters. The first-order chi connectivity index (χ1) is 10.9. The molecule has 126 valence electrons. The zero-order valence-electron chi connectivity index (χ0n) is 14.0. The molecule has 0 saturated carbocycles. The Morgan fingerprint density at radius 2 is 1.57 bits per heavy atom. The molecule has 4 saturated heterocycles. The van der Waals surface area contributed by atoms with E-state index in [2.05, 4.69) is 26.0 Å². The molecule has 4 aliphatic heterocycles. The minimum absolute atomic E-state index is 0.180. The van der Waals surface area contributed by atoms with Crippen LogP contribution in [0.4, 0.5) is 0 Å². The van der Waals surface area contributed by atoms with Crippen molar-refractivity contribution in [3.05, 3.63) is 29.8 Å². The minimum atomic E-state index is -0.862. The summed E-state index contributed by atoms with van der Waals surface area (Å²) in [5, 5.41) is 0. The van der Waals surface area contributed by atoms with Crippen molar-refractivity contribution in [3.8, 4) is 5.75 Å². The highest BCUT2D eigenvalue weighted by Crippen LogP contribution is 2.45. The summed E-state index contributed by atoms with van der Waals surface area (Å²) in [6.45, 7) is 9.41. The highest BCUT2D eigenvalue weighted by atomic mass is 16.9. The van der Waals surface area contributed by atoms with Gasteiger partial charge in [0.15, 0.2) is 0 Å². The molecule has 0 N–H and O–H groups in total. The lowest BCUT2D eigenvalue weighted by Gasteiger charge is -2.50. The van der Waals surface area contributed by atoms with Crippen molar-refractivity contribution in [2.45, 2.75) is 32.8 Å². The van der Waals surface area contributed by atoms with E-state index in [1.807, 2.05) is 12.1 Å². The van der Waals surface area contributed by atoms with Crippen LogP contribution < -0.4 is 4.74 Å². The third-order valence-electron chi connectivity index (χ3n) is 4.98. The van der Waals surface area contributed by atoms with Crippen molar-refractivity contribution in [1.29, 1.82) is 0 Å². The highest BCUT2D eigenvalue weighted by Gasteiger charge is 2.50. The maximum absolute atomic E-state index is 5.95. The molecule has 4 aliphatic rings. The first kappa shape index (κ1) is 15.4. The molecule has 4 heterocycles. The monoisotopic (exact) mass is 320 g/mol. The van der Waals surface area contributed by atoms with E-state index in [9.17, 15) is 0 Å². The molecule has 0 radical (unpaired) electrons. The summed E-state index contributed by atoms with van der Waals surface area (Å²) in [5.41, 5.74) is 1.20. The molecular weight excluding hydrogens is 296 g/mol. The summed E-state index contributed by atoms with van der Waals surface area (Å²) >= 11 is 0. The van der Waals surface area contributed by atoms with Gasteiger partial charge in [0.05, 0.1) is 37.9 Å². The predicted molar refractivity (Wildman–Crippen MR) is 83.1 cm³/mol. The van der Waals surface area contributed by atoms with Gasteiger partial charge < -0.3 is 23.7 Å². The maximum Gasteiger partial charge on any atom is 0.279 e. The highest BCUT2D eigenvalue weighted by molar-refractivity contribution is 5.30. The molecule has 0 aliphatic carbocycles. The topological polar surface area (TPSA) is 46.2 Å². The van der Waals surface area contributed by atoms with Gasteiger partial charge in [-0.3, -0.25) is 0 Å². The van der Waals surface area contributed by atoms with Crippen LogP contribution in [0.5, 0.6) is 5.75 Å². The Morgan fingerprint density at radius 1 is 0.957 bits per heavy atom. The number of benzene rings is 1. The number of hydrogen-bond donors (Lipinski definition) is 0. The lowest BCUT2D eigenvalue weighted by molar-refractivity contribution is -0.461. The normalized spacial score (nSPS) is 38.1. The smallest absolute Gasteiger partial charge is 0.279 e. The van der Waals surface area contributed by atoms with Gasteiger partial charge in [0.2, 0.25) is 0 Å². The van der Waals surface area contributed by atoms with Crippen LogP contribution in [-0.4, -0.2) is 39.0 Å². The molecule has 0 spiro atoms. The van der Waals surface area contributed by atoms with E-state index in [-0.39, 0.29) is 16.9 Å². The summed E-state index contributed by atoms with van der Waals surface area (Å²) in [7, 11) is 0. The van der Waals surface area contributed by atoms with Gasteiger partial charge in [-0.05, 0) is 17.7 Å². The van der Waals surface area contributed by atoms with Crippen LogP contribution in [0.3, 0.4) is 0 Å². The summed E-state index contributed by atoms with van der Waals surface area (Å²) < 4.78 is 28.5. The quantitative estimate of drug-likeness (QED) is 0.853. The Labute approximate surface area is 136 Å². The van der Waals surface area contributed by atoms with E-state index >= 15 is 0 Å². The third-order valence-corrected chi connectivity index (χ3v) is 4.98. The lowest BCUT2D eigenvalue weighted by Crippen LogP contribution is -2.60. The van der Waals surface area contributed by atoms with Gasteiger partial charge in [-0.2, -0.15) is 0 Å². The van der Waals surface area contributed by atoms with Crippen molar-refractivity contribution in [2.75, 3.05) is 33.0 Å². The number of fused-ring (bicyclic) bond motifs is 3. The summed E-state index contributed by atoms with van der Waals surface area (Å²) in [6.07, 6.45) is 0.180. The van der Waals surface area contributed by atoms with Crippen molar-refractivity contribution in [3.63, 3.8) is 0 Å². The minimum Gasteiger partial charge on any atom is -0.493 e. The van der Waals surface area contributed by atoms with Gasteiger partial charge in [-0.15, -0.1) is 0 Å². The van der Waals surface area contributed by atoms with E-state index in [0.29, 0.717) is 26.4 Å². The zero-order valence-corrected chi connectivity index (χ0v) is 14.0. The number of hydrogen-bond acceptors (Lipinski definition) is 5. The van der Waals surface area contributed by atoms with Crippen molar-refractivity contribution in [2.24, 2.45) is 10.8 Å². The molecule has 0 amide bonds. The van der Waals surface area contributed by atoms with E-state index in [1.165, 1.54) is 5.56 Å². The molecule has 1 atom stereocenters. The van der Waals surface area contributed by atoms with E-state index in [4.69, 9.17) is 23.7 Å². The van der Waals surface area contributed by atoms with Crippen molar-refractivity contribution in [1.82, 2.24) is 0 Å².